The quantitative estimate of drug-likeness (QED) is 0.290. The minimum absolute atomic E-state index is 0. The fourth-order valence-corrected chi connectivity index (χ4v) is 2.97. The van der Waals surface area contributed by atoms with Crippen LogP contribution in [-0.4, -0.2) is 62.7 Å². The van der Waals surface area contributed by atoms with Crippen LogP contribution in [0.15, 0.2) is 16.6 Å². The number of rotatable bonds is 5. The van der Waals surface area contributed by atoms with Crippen molar-refractivity contribution in [3.8, 4) is 0 Å². The summed E-state index contributed by atoms with van der Waals surface area (Å²) in [5, 5.41) is 6.79. The number of ether oxygens (including phenoxy) is 1. The number of hydrogen-bond acceptors (Lipinski definition) is 3. The van der Waals surface area contributed by atoms with E-state index in [0.29, 0.717) is 0 Å². The van der Waals surface area contributed by atoms with E-state index >= 15 is 0 Å². The number of nitrogens with one attached hydrogen (secondary N) is 2. The van der Waals surface area contributed by atoms with Gasteiger partial charge in [0, 0.05) is 38.6 Å². The third-order valence-corrected chi connectivity index (χ3v) is 4.35. The van der Waals surface area contributed by atoms with Crippen LogP contribution in [0.4, 0.5) is 0 Å². The lowest BCUT2D eigenvalue weighted by Gasteiger charge is -2.20. The van der Waals surface area contributed by atoms with Crippen LogP contribution < -0.4 is 10.6 Å². The van der Waals surface area contributed by atoms with Gasteiger partial charge >= 0.3 is 0 Å². The highest BCUT2D eigenvalue weighted by atomic mass is 127. The molecule has 2 aliphatic rings. The van der Waals surface area contributed by atoms with Gasteiger partial charge in [-0.05, 0) is 19.3 Å². The fraction of sp³-hybridized carbons (Fsp3) is 0.765. The van der Waals surface area contributed by atoms with E-state index in [0.717, 1.165) is 58.1 Å². The third kappa shape index (κ3) is 6.58. The monoisotopic (exact) mass is 450 g/mol. The Morgan fingerprint density at radius 3 is 2.92 bits per heavy atom. The van der Waals surface area contributed by atoms with Gasteiger partial charge in [-0.2, -0.15) is 0 Å². The Hall–Kier alpha value is -0.830. The SMILES string of the molecule is CN=C(NCCC1=CCOCC1)NC1CCN(C(=O)C(C)C)C1.I. The average molecular weight is 450 g/mol. The predicted molar refractivity (Wildman–Crippen MR) is 108 cm³/mol. The molecule has 1 fully saturated rings. The van der Waals surface area contributed by atoms with E-state index in [1.165, 1.54) is 5.57 Å². The van der Waals surface area contributed by atoms with Gasteiger partial charge in [-0.3, -0.25) is 9.79 Å². The maximum atomic E-state index is 12.0. The Labute approximate surface area is 162 Å². The molecule has 2 aliphatic heterocycles. The molecule has 0 radical (unpaired) electrons. The van der Waals surface area contributed by atoms with Gasteiger partial charge in [-0.25, -0.2) is 0 Å². The van der Waals surface area contributed by atoms with Crippen LogP contribution in [0, 0.1) is 5.92 Å². The van der Waals surface area contributed by atoms with Gasteiger partial charge < -0.3 is 20.3 Å². The number of nitrogens with zero attached hydrogens (tertiary/aromatic N) is 2. The zero-order chi connectivity index (χ0) is 16.7. The van der Waals surface area contributed by atoms with Crippen molar-refractivity contribution in [1.82, 2.24) is 15.5 Å². The van der Waals surface area contributed by atoms with Gasteiger partial charge in [-0.15, -0.1) is 24.0 Å². The molecule has 6 nitrogen and oxygen atoms in total. The molecule has 1 saturated heterocycles. The smallest absolute Gasteiger partial charge is 0.225 e. The second-order valence-corrected chi connectivity index (χ2v) is 6.51. The number of carbonyl (C=O) groups excluding carboxylic acids is 1. The van der Waals surface area contributed by atoms with Gasteiger partial charge in [-0.1, -0.05) is 25.5 Å². The number of amides is 1. The van der Waals surface area contributed by atoms with Gasteiger partial charge in [0.05, 0.1) is 13.2 Å². The number of halogens is 1. The van der Waals surface area contributed by atoms with Gasteiger partial charge in [0.25, 0.3) is 0 Å². The van der Waals surface area contributed by atoms with Crippen molar-refractivity contribution < 1.29 is 9.53 Å². The number of hydrogen-bond donors (Lipinski definition) is 2. The van der Waals surface area contributed by atoms with Crippen molar-refractivity contribution >= 4 is 35.8 Å². The number of aliphatic imine (C=N–C) groups is 1. The first kappa shape index (κ1) is 21.2. The molecule has 0 aliphatic carbocycles. The molecule has 0 saturated carbocycles. The van der Waals surface area contributed by atoms with Crippen LogP contribution in [0.2, 0.25) is 0 Å². The van der Waals surface area contributed by atoms with Gasteiger partial charge in [0.15, 0.2) is 5.96 Å². The van der Waals surface area contributed by atoms with E-state index in [9.17, 15) is 4.79 Å². The summed E-state index contributed by atoms with van der Waals surface area (Å²) in [5.41, 5.74) is 1.45. The van der Waals surface area contributed by atoms with Crippen molar-refractivity contribution in [2.75, 3.05) is 39.9 Å². The van der Waals surface area contributed by atoms with E-state index in [1.807, 2.05) is 18.7 Å². The van der Waals surface area contributed by atoms with E-state index < -0.39 is 0 Å². The summed E-state index contributed by atoms with van der Waals surface area (Å²) in [6, 6.07) is 0.284. The number of carbonyl (C=O) groups is 1. The molecule has 0 aromatic carbocycles. The Balaban J connectivity index is 0.00000288. The predicted octanol–water partition coefficient (Wildman–Crippen LogP) is 1.76. The second kappa shape index (κ2) is 10.9. The van der Waals surface area contributed by atoms with E-state index in [2.05, 4.69) is 21.7 Å². The third-order valence-electron chi connectivity index (χ3n) is 4.35. The summed E-state index contributed by atoms with van der Waals surface area (Å²) < 4.78 is 5.32. The highest BCUT2D eigenvalue weighted by Gasteiger charge is 2.27. The molecular weight excluding hydrogens is 419 g/mol. The van der Waals surface area contributed by atoms with Crippen molar-refractivity contribution in [2.45, 2.75) is 39.2 Å². The van der Waals surface area contributed by atoms with Crippen molar-refractivity contribution in [1.29, 1.82) is 0 Å². The highest BCUT2D eigenvalue weighted by molar-refractivity contribution is 14.0. The van der Waals surface area contributed by atoms with Crippen LogP contribution in [0.25, 0.3) is 0 Å². The lowest BCUT2D eigenvalue weighted by molar-refractivity contribution is -0.133. The molecule has 0 aromatic rings. The normalized spacial score (nSPS) is 21.3. The molecule has 0 aromatic heterocycles. The fourth-order valence-electron chi connectivity index (χ4n) is 2.97. The van der Waals surface area contributed by atoms with Crippen LogP contribution >= 0.6 is 24.0 Å². The zero-order valence-corrected chi connectivity index (χ0v) is 17.3. The van der Waals surface area contributed by atoms with E-state index in [1.54, 1.807) is 7.05 Å². The summed E-state index contributed by atoms with van der Waals surface area (Å²) >= 11 is 0. The molecule has 24 heavy (non-hydrogen) atoms. The first-order valence-electron chi connectivity index (χ1n) is 8.61. The van der Waals surface area contributed by atoms with Gasteiger partial charge in [0.1, 0.15) is 0 Å². The summed E-state index contributed by atoms with van der Waals surface area (Å²) in [6.07, 6.45) is 5.20. The van der Waals surface area contributed by atoms with Crippen LogP contribution in [0.3, 0.4) is 0 Å². The molecule has 1 amide bonds. The Bertz CT molecular complexity index is 466. The highest BCUT2D eigenvalue weighted by Crippen LogP contribution is 2.13. The van der Waals surface area contributed by atoms with Crippen LogP contribution in [-0.2, 0) is 9.53 Å². The second-order valence-electron chi connectivity index (χ2n) is 6.51. The summed E-state index contributed by atoms with van der Waals surface area (Å²) in [4.78, 5) is 18.3. The summed E-state index contributed by atoms with van der Waals surface area (Å²) in [7, 11) is 1.79. The topological polar surface area (TPSA) is 66.0 Å². The molecule has 7 heteroatoms. The molecular formula is C17H31IN4O2. The average Bonchev–Trinajstić information content (AvgIpc) is 3.02. The van der Waals surface area contributed by atoms with Crippen LogP contribution in [0.1, 0.15) is 33.1 Å². The maximum absolute atomic E-state index is 12.0. The van der Waals surface area contributed by atoms with E-state index in [-0.39, 0.29) is 41.8 Å². The minimum Gasteiger partial charge on any atom is -0.377 e. The lowest BCUT2D eigenvalue weighted by Crippen LogP contribution is -2.45. The zero-order valence-electron chi connectivity index (χ0n) is 15.0. The van der Waals surface area contributed by atoms with Crippen molar-refractivity contribution in [3.05, 3.63) is 11.6 Å². The molecule has 2 heterocycles. The Morgan fingerprint density at radius 1 is 1.50 bits per heavy atom. The summed E-state index contributed by atoms with van der Waals surface area (Å²) in [5.74, 6) is 1.13. The molecule has 2 N–H and O–H groups in total. The Morgan fingerprint density at radius 2 is 2.29 bits per heavy atom. The summed E-state index contributed by atoms with van der Waals surface area (Å²) in [6.45, 7) is 7.94. The molecule has 0 bridgehead atoms. The number of likely N-dealkylation sites (tertiary alicyclic amines) is 1. The largest absolute Gasteiger partial charge is 0.377 e. The van der Waals surface area contributed by atoms with Crippen molar-refractivity contribution in [2.24, 2.45) is 10.9 Å². The van der Waals surface area contributed by atoms with E-state index in [4.69, 9.17) is 4.74 Å². The first-order chi connectivity index (χ1) is 11.1. The standard InChI is InChI=1S/C17H30N4O2.HI/c1-13(2)16(22)21-9-5-15(12-21)20-17(18-3)19-8-4-14-6-10-23-11-7-14;/h6,13,15H,4-5,7-12H2,1-3H3,(H2,18,19,20);1H. The van der Waals surface area contributed by atoms with Gasteiger partial charge in [0.2, 0.25) is 5.91 Å². The number of guanidine groups is 1. The first-order valence-corrected chi connectivity index (χ1v) is 8.61. The maximum Gasteiger partial charge on any atom is 0.225 e. The lowest BCUT2D eigenvalue weighted by atomic mass is 10.1. The van der Waals surface area contributed by atoms with Crippen molar-refractivity contribution in [3.63, 3.8) is 0 Å². The molecule has 1 unspecified atom stereocenters. The Kier molecular flexibility index (Phi) is 9.65. The van der Waals surface area contributed by atoms with Crippen LogP contribution in [0.5, 0.6) is 0 Å². The minimum atomic E-state index is 0. The molecule has 2 rings (SSSR count). The molecule has 0 spiro atoms. The molecule has 1 atom stereocenters. The molecule has 138 valence electrons.